The third kappa shape index (κ3) is 5.25. The minimum absolute atomic E-state index is 0.0759. The first-order valence-electron chi connectivity index (χ1n) is 5.78. The molecule has 0 aliphatic carbocycles. The van der Waals surface area contributed by atoms with E-state index in [0.717, 1.165) is 12.0 Å². The molecule has 0 spiro atoms. The summed E-state index contributed by atoms with van der Waals surface area (Å²) in [6.45, 7) is 1.26. The van der Waals surface area contributed by atoms with E-state index in [1.807, 2.05) is 12.1 Å². The third-order valence-corrected chi connectivity index (χ3v) is 2.55. The molecule has 0 saturated carbocycles. The van der Waals surface area contributed by atoms with Crippen molar-refractivity contribution in [1.82, 2.24) is 5.32 Å². The van der Waals surface area contributed by atoms with Gasteiger partial charge in [0, 0.05) is 32.2 Å². The number of rotatable bonds is 7. The quantitative estimate of drug-likeness (QED) is 0.576. The number of hydrogen-bond acceptors (Lipinski definition) is 3. The fourth-order valence-electron chi connectivity index (χ4n) is 1.50. The second-order valence-electron chi connectivity index (χ2n) is 3.94. The summed E-state index contributed by atoms with van der Waals surface area (Å²) in [6, 6.07) is 7.28. The number of hydrogen-bond donors (Lipinski definition) is 2. The molecule has 1 aromatic rings. The maximum absolute atomic E-state index is 11.7. The van der Waals surface area contributed by atoms with Gasteiger partial charge in [-0.05, 0) is 24.1 Å². The largest absolute Gasteiger partial charge is 0.393 e. The lowest BCUT2D eigenvalue weighted by Crippen LogP contribution is -2.25. The van der Waals surface area contributed by atoms with Gasteiger partial charge in [-0.25, -0.2) is 0 Å². The number of benzene rings is 1. The number of thiocarbonyl (C=S) groups is 1. The number of nitrogens with one attached hydrogen (secondary N) is 1. The van der Waals surface area contributed by atoms with Gasteiger partial charge >= 0.3 is 0 Å². The van der Waals surface area contributed by atoms with Gasteiger partial charge < -0.3 is 15.8 Å². The average Bonchev–Trinajstić information content (AvgIpc) is 2.34. The first kappa shape index (κ1) is 14.6. The van der Waals surface area contributed by atoms with Crippen molar-refractivity contribution >= 4 is 23.1 Å². The standard InChI is InChI=1S/C13H18N2O2S/c1-17-8-2-7-15-13(16)11-5-3-10(4-6-11)9-12(14)18/h3-6H,2,7-9H2,1H3,(H2,14,18)(H,15,16). The average molecular weight is 266 g/mol. The Balaban J connectivity index is 2.46. The maximum Gasteiger partial charge on any atom is 0.251 e. The van der Waals surface area contributed by atoms with Gasteiger partial charge in [-0.1, -0.05) is 24.4 Å². The zero-order valence-electron chi connectivity index (χ0n) is 10.4. The number of methoxy groups -OCH3 is 1. The zero-order valence-corrected chi connectivity index (χ0v) is 11.3. The van der Waals surface area contributed by atoms with Gasteiger partial charge in [-0.15, -0.1) is 0 Å². The summed E-state index contributed by atoms with van der Waals surface area (Å²) in [5.41, 5.74) is 7.11. The molecule has 0 atom stereocenters. The monoisotopic (exact) mass is 266 g/mol. The minimum Gasteiger partial charge on any atom is -0.393 e. The van der Waals surface area contributed by atoms with Crippen LogP contribution in [0.25, 0.3) is 0 Å². The summed E-state index contributed by atoms with van der Waals surface area (Å²) in [7, 11) is 1.64. The highest BCUT2D eigenvalue weighted by Gasteiger charge is 2.04. The van der Waals surface area contributed by atoms with Crippen molar-refractivity contribution in [2.45, 2.75) is 12.8 Å². The van der Waals surface area contributed by atoms with E-state index in [9.17, 15) is 4.79 Å². The van der Waals surface area contributed by atoms with Crippen molar-refractivity contribution in [1.29, 1.82) is 0 Å². The summed E-state index contributed by atoms with van der Waals surface area (Å²) in [5, 5.41) is 2.82. The number of nitrogens with two attached hydrogens (primary N) is 1. The van der Waals surface area contributed by atoms with Crippen LogP contribution in [0, 0.1) is 0 Å². The molecule has 18 heavy (non-hydrogen) atoms. The molecule has 0 fully saturated rings. The number of amides is 1. The van der Waals surface area contributed by atoms with Crippen LogP contribution in [0.2, 0.25) is 0 Å². The molecule has 0 aromatic heterocycles. The molecule has 1 aromatic carbocycles. The van der Waals surface area contributed by atoms with Gasteiger partial charge in [0.25, 0.3) is 5.91 Å². The second kappa shape index (κ2) is 7.79. The summed E-state index contributed by atoms with van der Waals surface area (Å²) in [6.07, 6.45) is 1.37. The van der Waals surface area contributed by atoms with Crippen LogP contribution in [0.3, 0.4) is 0 Å². The van der Waals surface area contributed by atoms with Gasteiger partial charge in [0.15, 0.2) is 0 Å². The molecule has 3 N–H and O–H groups in total. The highest BCUT2D eigenvalue weighted by atomic mass is 32.1. The molecule has 4 nitrogen and oxygen atoms in total. The van der Waals surface area contributed by atoms with Gasteiger partial charge in [-0.2, -0.15) is 0 Å². The Morgan fingerprint density at radius 1 is 1.39 bits per heavy atom. The topological polar surface area (TPSA) is 64.3 Å². The lowest BCUT2D eigenvalue weighted by atomic mass is 10.1. The van der Waals surface area contributed by atoms with Crippen molar-refractivity contribution in [3.63, 3.8) is 0 Å². The summed E-state index contributed by atoms with van der Waals surface area (Å²) in [4.78, 5) is 12.2. The molecule has 98 valence electrons. The Labute approximate surface area is 113 Å². The van der Waals surface area contributed by atoms with Crippen LogP contribution in [-0.4, -0.2) is 31.2 Å². The number of carbonyl (C=O) groups excluding carboxylic acids is 1. The predicted molar refractivity (Wildman–Crippen MR) is 75.8 cm³/mol. The van der Waals surface area contributed by atoms with Crippen LogP contribution < -0.4 is 11.1 Å². The molecule has 5 heteroatoms. The number of ether oxygens (including phenoxy) is 1. The Hall–Kier alpha value is -1.46. The van der Waals surface area contributed by atoms with E-state index < -0.39 is 0 Å². The minimum atomic E-state index is -0.0759. The molecule has 0 aliphatic heterocycles. The van der Waals surface area contributed by atoms with E-state index in [2.05, 4.69) is 5.32 Å². The molecule has 1 amide bonds. The zero-order chi connectivity index (χ0) is 13.4. The first-order valence-corrected chi connectivity index (χ1v) is 6.18. The smallest absolute Gasteiger partial charge is 0.251 e. The Bertz CT molecular complexity index is 404. The lowest BCUT2D eigenvalue weighted by molar-refractivity contribution is 0.0948. The van der Waals surface area contributed by atoms with Crippen molar-refractivity contribution in [2.75, 3.05) is 20.3 Å². The SMILES string of the molecule is COCCCNC(=O)c1ccc(CC(N)=S)cc1. The predicted octanol–water partition coefficient (Wildman–Crippen LogP) is 1.28. The molecule has 0 saturated heterocycles. The Kier molecular flexibility index (Phi) is 6.32. The Morgan fingerprint density at radius 3 is 2.61 bits per heavy atom. The van der Waals surface area contributed by atoms with Gasteiger partial charge in [0.05, 0.1) is 4.99 Å². The number of carbonyl (C=O) groups is 1. The van der Waals surface area contributed by atoms with Gasteiger partial charge in [-0.3, -0.25) is 4.79 Å². The lowest BCUT2D eigenvalue weighted by Gasteiger charge is -2.05. The molecule has 1 rings (SSSR count). The normalized spacial score (nSPS) is 10.1. The van der Waals surface area contributed by atoms with Crippen LogP contribution in [0.4, 0.5) is 0 Å². The van der Waals surface area contributed by atoms with Crippen LogP contribution in [0.1, 0.15) is 22.3 Å². The van der Waals surface area contributed by atoms with E-state index in [4.69, 9.17) is 22.7 Å². The van der Waals surface area contributed by atoms with Gasteiger partial charge in [0.2, 0.25) is 0 Å². The summed E-state index contributed by atoms with van der Waals surface area (Å²) >= 11 is 4.83. The fraction of sp³-hybridized carbons (Fsp3) is 0.385. The highest BCUT2D eigenvalue weighted by molar-refractivity contribution is 7.80. The van der Waals surface area contributed by atoms with Crippen molar-refractivity contribution in [3.05, 3.63) is 35.4 Å². The summed E-state index contributed by atoms with van der Waals surface area (Å²) in [5.74, 6) is -0.0759. The fourth-order valence-corrected chi connectivity index (χ4v) is 1.66. The molecule has 0 unspecified atom stereocenters. The second-order valence-corrected chi connectivity index (χ2v) is 4.47. The van der Waals surface area contributed by atoms with Crippen LogP contribution in [0.5, 0.6) is 0 Å². The highest BCUT2D eigenvalue weighted by Crippen LogP contribution is 2.05. The Morgan fingerprint density at radius 2 is 2.06 bits per heavy atom. The van der Waals surface area contributed by atoms with Crippen molar-refractivity contribution < 1.29 is 9.53 Å². The van der Waals surface area contributed by atoms with Gasteiger partial charge in [0.1, 0.15) is 0 Å². The third-order valence-electron chi connectivity index (χ3n) is 2.41. The molecule has 0 heterocycles. The van der Waals surface area contributed by atoms with E-state index in [-0.39, 0.29) is 5.91 Å². The molecular weight excluding hydrogens is 248 g/mol. The summed E-state index contributed by atoms with van der Waals surface area (Å²) < 4.78 is 4.91. The van der Waals surface area contributed by atoms with E-state index in [0.29, 0.717) is 30.1 Å². The molecular formula is C13H18N2O2S. The van der Waals surface area contributed by atoms with Crippen LogP contribution >= 0.6 is 12.2 Å². The van der Waals surface area contributed by atoms with E-state index in [1.54, 1.807) is 19.2 Å². The molecule has 0 radical (unpaired) electrons. The van der Waals surface area contributed by atoms with Crippen molar-refractivity contribution in [3.8, 4) is 0 Å². The van der Waals surface area contributed by atoms with E-state index >= 15 is 0 Å². The van der Waals surface area contributed by atoms with E-state index in [1.165, 1.54) is 0 Å². The molecule has 0 bridgehead atoms. The van der Waals surface area contributed by atoms with Crippen LogP contribution in [-0.2, 0) is 11.2 Å². The maximum atomic E-state index is 11.7. The molecule has 0 aliphatic rings. The first-order chi connectivity index (χ1) is 8.63. The van der Waals surface area contributed by atoms with Crippen molar-refractivity contribution in [2.24, 2.45) is 5.73 Å². The van der Waals surface area contributed by atoms with Crippen LogP contribution in [0.15, 0.2) is 24.3 Å².